The Morgan fingerprint density at radius 1 is 1.26 bits per heavy atom. The van der Waals surface area contributed by atoms with Crippen molar-refractivity contribution in [3.05, 3.63) is 58.1 Å². The van der Waals surface area contributed by atoms with E-state index in [0.29, 0.717) is 5.11 Å². The van der Waals surface area contributed by atoms with Gasteiger partial charge in [0.15, 0.2) is 5.11 Å². The maximum absolute atomic E-state index is 5.48. The van der Waals surface area contributed by atoms with Crippen LogP contribution in [0.4, 0.5) is 5.69 Å². The molecule has 3 nitrogen and oxygen atoms in total. The Labute approximate surface area is 150 Å². The summed E-state index contributed by atoms with van der Waals surface area (Å²) < 4.78 is 6.35. The van der Waals surface area contributed by atoms with Gasteiger partial charge in [0, 0.05) is 10.2 Å². The summed E-state index contributed by atoms with van der Waals surface area (Å²) in [5, 5.41) is 7.34. The minimum absolute atomic E-state index is 0.247. The third-order valence-corrected chi connectivity index (χ3v) is 4.77. The average Bonchev–Trinajstić information content (AvgIpc) is 2.54. The lowest BCUT2D eigenvalue weighted by atomic mass is 9.87. The lowest BCUT2D eigenvalue weighted by molar-refractivity contribution is 0.412. The van der Waals surface area contributed by atoms with Gasteiger partial charge >= 0.3 is 0 Å². The fraction of sp³-hybridized carbons (Fsp3) is 0.278. The maximum atomic E-state index is 5.48. The predicted molar refractivity (Wildman–Crippen MR) is 102 cm³/mol. The molecule has 23 heavy (non-hydrogen) atoms. The molecule has 1 aliphatic carbocycles. The van der Waals surface area contributed by atoms with Crippen LogP contribution < -0.4 is 15.4 Å². The SMILES string of the molecule is COc1ccc2c(c1)CCCC2NC(=S)Nc1cccc(Br)c1. The van der Waals surface area contributed by atoms with Crippen molar-refractivity contribution in [2.45, 2.75) is 25.3 Å². The van der Waals surface area contributed by atoms with Crippen LogP contribution in [0.5, 0.6) is 5.75 Å². The van der Waals surface area contributed by atoms with Gasteiger partial charge in [-0.15, -0.1) is 0 Å². The molecule has 1 atom stereocenters. The third kappa shape index (κ3) is 4.03. The van der Waals surface area contributed by atoms with Crippen molar-refractivity contribution in [1.82, 2.24) is 5.32 Å². The summed E-state index contributed by atoms with van der Waals surface area (Å²) >= 11 is 8.95. The average molecular weight is 391 g/mol. The summed E-state index contributed by atoms with van der Waals surface area (Å²) in [6.45, 7) is 0. The van der Waals surface area contributed by atoms with E-state index in [9.17, 15) is 0 Å². The van der Waals surface area contributed by atoms with E-state index in [1.807, 2.05) is 30.3 Å². The van der Waals surface area contributed by atoms with Crippen LogP contribution in [0.3, 0.4) is 0 Å². The van der Waals surface area contributed by atoms with Crippen LogP contribution in [0, 0.1) is 0 Å². The van der Waals surface area contributed by atoms with Crippen molar-refractivity contribution in [2.75, 3.05) is 12.4 Å². The summed E-state index contributed by atoms with van der Waals surface area (Å²) in [5.74, 6) is 0.916. The van der Waals surface area contributed by atoms with Gasteiger partial charge in [-0.05, 0) is 72.9 Å². The van der Waals surface area contributed by atoms with Crippen LogP contribution in [0.25, 0.3) is 0 Å². The molecule has 0 radical (unpaired) electrons. The van der Waals surface area contributed by atoms with Gasteiger partial charge in [-0.3, -0.25) is 0 Å². The normalized spacial score (nSPS) is 16.3. The van der Waals surface area contributed by atoms with E-state index in [2.05, 4.69) is 38.7 Å². The summed E-state index contributed by atoms with van der Waals surface area (Å²) in [7, 11) is 1.71. The zero-order valence-electron chi connectivity index (χ0n) is 12.9. The fourth-order valence-electron chi connectivity index (χ4n) is 2.96. The number of thiocarbonyl (C=S) groups is 1. The smallest absolute Gasteiger partial charge is 0.171 e. The molecule has 0 saturated carbocycles. The molecular weight excluding hydrogens is 372 g/mol. The van der Waals surface area contributed by atoms with Gasteiger partial charge in [-0.2, -0.15) is 0 Å². The summed E-state index contributed by atoms with van der Waals surface area (Å²) in [6.07, 6.45) is 3.33. The van der Waals surface area contributed by atoms with Crippen molar-refractivity contribution in [1.29, 1.82) is 0 Å². The molecule has 0 heterocycles. The van der Waals surface area contributed by atoms with Crippen LogP contribution >= 0.6 is 28.1 Å². The highest BCUT2D eigenvalue weighted by Crippen LogP contribution is 2.32. The first-order chi connectivity index (χ1) is 11.2. The van der Waals surface area contributed by atoms with Crippen LogP contribution in [0.1, 0.15) is 30.0 Å². The number of halogens is 1. The molecule has 0 bridgehead atoms. The number of methoxy groups -OCH3 is 1. The minimum Gasteiger partial charge on any atom is -0.497 e. The Balaban J connectivity index is 1.70. The third-order valence-electron chi connectivity index (χ3n) is 4.05. The molecule has 120 valence electrons. The Morgan fingerprint density at radius 3 is 2.91 bits per heavy atom. The van der Waals surface area contributed by atoms with Crippen LogP contribution in [-0.4, -0.2) is 12.2 Å². The second-order valence-corrected chi connectivity index (χ2v) is 6.94. The molecule has 1 unspecified atom stereocenters. The van der Waals surface area contributed by atoms with Crippen molar-refractivity contribution in [2.24, 2.45) is 0 Å². The highest BCUT2D eigenvalue weighted by Gasteiger charge is 2.21. The molecule has 3 rings (SSSR count). The van der Waals surface area contributed by atoms with Gasteiger partial charge in [0.1, 0.15) is 5.75 Å². The molecule has 0 aromatic heterocycles. The summed E-state index contributed by atoms with van der Waals surface area (Å²) in [4.78, 5) is 0. The number of benzene rings is 2. The van der Waals surface area contributed by atoms with Gasteiger partial charge in [-0.25, -0.2) is 0 Å². The van der Waals surface area contributed by atoms with Gasteiger partial charge in [0.2, 0.25) is 0 Å². The predicted octanol–water partition coefficient (Wildman–Crippen LogP) is 4.82. The molecule has 0 aliphatic heterocycles. The molecule has 2 N–H and O–H groups in total. The Hall–Kier alpha value is -1.59. The minimum atomic E-state index is 0.247. The second kappa shape index (κ2) is 7.32. The van der Waals surface area contributed by atoms with Crippen molar-refractivity contribution in [3.8, 4) is 5.75 Å². The number of aryl methyl sites for hydroxylation is 1. The number of hydrogen-bond acceptors (Lipinski definition) is 2. The summed E-state index contributed by atoms with van der Waals surface area (Å²) in [5.41, 5.74) is 3.64. The molecular formula is C18H19BrN2OS. The van der Waals surface area contributed by atoms with Crippen LogP contribution in [-0.2, 0) is 6.42 Å². The van der Waals surface area contributed by atoms with E-state index >= 15 is 0 Å². The highest BCUT2D eigenvalue weighted by atomic mass is 79.9. The molecule has 2 aromatic rings. The van der Waals surface area contributed by atoms with Crippen LogP contribution in [0.2, 0.25) is 0 Å². The highest BCUT2D eigenvalue weighted by molar-refractivity contribution is 9.10. The molecule has 1 aliphatic rings. The van der Waals surface area contributed by atoms with Gasteiger partial charge in [0.25, 0.3) is 0 Å². The monoisotopic (exact) mass is 390 g/mol. The fourth-order valence-corrected chi connectivity index (χ4v) is 3.62. The van der Waals surface area contributed by atoms with Crippen molar-refractivity contribution < 1.29 is 4.74 Å². The first-order valence-corrected chi connectivity index (χ1v) is 8.86. The molecule has 5 heteroatoms. The van der Waals surface area contributed by atoms with E-state index in [1.165, 1.54) is 11.1 Å². The Kier molecular flexibility index (Phi) is 5.18. The second-order valence-electron chi connectivity index (χ2n) is 5.62. The molecule has 0 saturated heterocycles. The van der Waals surface area contributed by atoms with Gasteiger partial charge < -0.3 is 15.4 Å². The van der Waals surface area contributed by atoms with Crippen molar-refractivity contribution in [3.63, 3.8) is 0 Å². The molecule has 2 aromatic carbocycles. The largest absolute Gasteiger partial charge is 0.497 e. The number of fused-ring (bicyclic) bond motifs is 1. The Morgan fingerprint density at radius 2 is 2.13 bits per heavy atom. The number of ether oxygens (including phenoxy) is 1. The molecule has 0 fully saturated rings. The topological polar surface area (TPSA) is 33.3 Å². The standard InChI is InChI=1S/C18H19BrN2OS/c1-22-15-8-9-16-12(10-15)4-2-7-17(16)21-18(23)20-14-6-3-5-13(19)11-14/h3,5-6,8-11,17H,2,4,7H2,1H3,(H2,20,21,23). The lowest BCUT2D eigenvalue weighted by Crippen LogP contribution is -2.34. The quantitative estimate of drug-likeness (QED) is 0.735. The first kappa shape index (κ1) is 16.3. The zero-order valence-corrected chi connectivity index (χ0v) is 15.3. The van der Waals surface area contributed by atoms with E-state index in [4.69, 9.17) is 17.0 Å². The number of hydrogen-bond donors (Lipinski definition) is 2. The molecule has 0 amide bonds. The maximum Gasteiger partial charge on any atom is 0.171 e. The zero-order chi connectivity index (χ0) is 16.2. The van der Waals surface area contributed by atoms with E-state index < -0.39 is 0 Å². The first-order valence-electron chi connectivity index (χ1n) is 7.65. The van der Waals surface area contributed by atoms with Crippen LogP contribution in [0.15, 0.2) is 46.9 Å². The lowest BCUT2D eigenvalue weighted by Gasteiger charge is -2.28. The summed E-state index contributed by atoms with van der Waals surface area (Å²) in [6, 6.07) is 14.5. The number of rotatable bonds is 3. The molecule has 0 spiro atoms. The Bertz CT molecular complexity index is 720. The van der Waals surface area contributed by atoms with E-state index in [-0.39, 0.29) is 6.04 Å². The van der Waals surface area contributed by atoms with Crippen molar-refractivity contribution >= 4 is 38.9 Å². The van der Waals surface area contributed by atoms with Gasteiger partial charge in [-0.1, -0.05) is 28.1 Å². The van der Waals surface area contributed by atoms with Gasteiger partial charge in [0.05, 0.1) is 13.2 Å². The number of anilines is 1. The van der Waals surface area contributed by atoms with E-state index in [0.717, 1.165) is 35.2 Å². The van der Waals surface area contributed by atoms with E-state index in [1.54, 1.807) is 7.11 Å². The number of nitrogens with one attached hydrogen (secondary N) is 2.